The molecule has 1 aromatic carbocycles. The van der Waals surface area contributed by atoms with Crippen molar-refractivity contribution in [3.05, 3.63) is 29.3 Å². The Hall–Kier alpha value is -1.20. The van der Waals surface area contributed by atoms with Crippen molar-refractivity contribution in [1.82, 2.24) is 5.32 Å². The highest BCUT2D eigenvalue weighted by molar-refractivity contribution is 7.99. The molecular weight excluding hydrogens is 234 g/mol. The van der Waals surface area contributed by atoms with Crippen LogP contribution >= 0.6 is 11.8 Å². The molecule has 92 valence electrons. The standard InChI is InChI=1S/C12H17N3OS/c1-8-6-9(2-3-11(8)15-13)12(16)14-10-4-5-17-7-10/h2-3,6,10,15H,4-5,7,13H2,1H3,(H,14,16). The highest BCUT2D eigenvalue weighted by Crippen LogP contribution is 2.19. The molecule has 1 aliphatic heterocycles. The third-order valence-electron chi connectivity index (χ3n) is 2.91. The molecule has 1 aliphatic rings. The van der Waals surface area contributed by atoms with Crippen LogP contribution in [0.25, 0.3) is 0 Å². The van der Waals surface area contributed by atoms with Crippen LogP contribution in [0.4, 0.5) is 5.69 Å². The van der Waals surface area contributed by atoms with Gasteiger partial charge in [-0.25, -0.2) is 0 Å². The van der Waals surface area contributed by atoms with Crippen LogP contribution in [0, 0.1) is 6.92 Å². The van der Waals surface area contributed by atoms with E-state index >= 15 is 0 Å². The Balaban J connectivity index is 2.05. The molecule has 0 saturated carbocycles. The lowest BCUT2D eigenvalue weighted by Gasteiger charge is -2.12. The highest BCUT2D eigenvalue weighted by Gasteiger charge is 2.18. The number of hydrazine groups is 1. The predicted molar refractivity (Wildman–Crippen MR) is 72.2 cm³/mol. The van der Waals surface area contributed by atoms with Gasteiger partial charge in [0.2, 0.25) is 0 Å². The van der Waals surface area contributed by atoms with Crippen LogP contribution in [-0.4, -0.2) is 23.5 Å². The number of hydrogen-bond acceptors (Lipinski definition) is 4. The van der Waals surface area contributed by atoms with Crippen molar-refractivity contribution in [2.75, 3.05) is 16.9 Å². The first-order valence-corrected chi connectivity index (χ1v) is 6.82. The second kappa shape index (κ2) is 5.42. The summed E-state index contributed by atoms with van der Waals surface area (Å²) >= 11 is 1.89. The van der Waals surface area contributed by atoms with Gasteiger partial charge in [0, 0.05) is 17.4 Å². The minimum atomic E-state index is 0.00386. The van der Waals surface area contributed by atoms with Crippen molar-refractivity contribution in [2.24, 2.45) is 5.84 Å². The number of rotatable bonds is 3. The second-order valence-corrected chi connectivity index (χ2v) is 5.36. The Morgan fingerprint density at radius 3 is 2.94 bits per heavy atom. The average Bonchev–Trinajstić information content (AvgIpc) is 2.81. The van der Waals surface area contributed by atoms with Gasteiger partial charge < -0.3 is 10.7 Å². The maximum absolute atomic E-state index is 12.0. The van der Waals surface area contributed by atoms with Gasteiger partial charge in [0.05, 0.1) is 5.69 Å². The topological polar surface area (TPSA) is 67.2 Å². The van der Waals surface area contributed by atoms with Gasteiger partial charge in [-0.1, -0.05) is 0 Å². The maximum atomic E-state index is 12.0. The summed E-state index contributed by atoms with van der Waals surface area (Å²) in [6, 6.07) is 5.79. The molecule has 0 aliphatic carbocycles. The Bertz CT molecular complexity index is 416. The van der Waals surface area contributed by atoms with E-state index in [2.05, 4.69) is 10.7 Å². The van der Waals surface area contributed by atoms with E-state index < -0.39 is 0 Å². The van der Waals surface area contributed by atoms with Gasteiger partial charge in [0.1, 0.15) is 0 Å². The van der Waals surface area contributed by atoms with Gasteiger partial charge in [0.25, 0.3) is 5.91 Å². The predicted octanol–water partition coefficient (Wildman–Crippen LogP) is 1.52. The van der Waals surface area contributed by atoms with Crippen LogP contribution < -0.4 is 16.6 Å². The SMILES string of the molecule is Cc1cc(C(=O)NC2CCSC2)ccc1NN. The molecule has 0 radical (unpaired) electrons. The number of carbonyl (C=O) groups is 1. The minimum Gasteiger partial charge on any atom is -0.348 e. The lowest BCUT2D eigenvalue weighted by Crippen LogP contribution is -2.34. The molecule has 0 bridgehead atoms. The molecule has 1 aromatic rings. The van der Waals surface area contributed by atoms with Crippen molar-refractivity contribution >= 4 is 23.4 Å². The second-order valence-electron chi connectivity index (χ2n) is 4.21. The van der Waals surface area contributed by atoms with Crippen molar-refractivity contribution in [2.45, 2.75) is 19.4 Å². The Kier molecular flexibility index (Phi) is 3.91. The van der Waals surface area contributed by atoms with Gasteiger partial charge in [-0.15, -0.1) is 0 Å². The Morgan fingerprint density at radius 1 is 1.53 bits per heavy atom. The minimum absolute atomic E-state index is 0.00386. The molecule has 1 unspecified atom stereocenters. The molecule has 1 atom stereocenters. The maximum Gasteiger partial charge on any atom is 0.251 e. The zero-order chi connectivity index (χ0) is 12.3. The fraction of sp³-hybridized carbons (Fsp3) is 0.417. The Morgan fingerprint density at radius 2 is 2.35 bits per heavy atom. The van der Waals surface area contributed by atoms with Crippen molar-refractivity contribution in [3.8, 4) is 0 Å². The highest BCUT2D eigenvalue weighted by atomic mass is 32.2. The fourth-order valence-electron chi connectivity index (χ4n) is 1.88. The first-order chi connectivity index (χ1) is 8.20. The van der Waals surface area contributed by atoms with Gasteiger partial charge >= 0.3 is 0 Å². The molecule has 1 saturated heterocycles. The van der Waals surface area contributed by atoms with Crippen LogP contribution in [0.5, 0.6) is 0 Å². The third kappa shape index (κ3) is 2.92. The first-order valence-electron chi connectivity index (χ1n) is 5.66. The molecule has 5 heteroatoms. The third-order valence-corrected chi connectivity index (χ3v) is 4.07. The van der Waals surface area contributed by atoms with Crippen molar-refractivity contribution in [1.29, 1.82) is 0 Å². The number of thioether (sulfide) groups is 1. The largest absolute Gasteiger partial charge is 0.348 e. The summed E-state index contributed by atoms with van der Waals surface area (Å²) in [5.41, 5.74) is 5.11. The van der Waals surface area contributed by atoms with Crippen LogP contribution in [-0.2, 0) is 0 Å². The molecule has 0 aromatic heterocycles. The summed E-state index contributed by atoms with van der Waals surface area (Å²) in [6.45, 7) is 1.93. The number of benzene rings is 1. The molecule has 1 fully saturated rings. The number of hydrogen-bond donors (Lipinski definition) is 3. The smallest absolute Gasteiger partial charge is 0.251 e. The number of nitrogens with two attached hydrogens (primary N) is 1. The number of carbonyl (C=O) groups excluding carboxylic acids is 1. The van der Waals surface area contributed by atoms with Crippen LogP contribution in [0.1, 0.15) is 22.3 Å². The van der Waals surface area contributed by atoms with E-state index in [9.17, 15) is 4.79 Å². The van der Waals surface area contributed by atoms with Gasteiger partial charge in [-0.2, -0.15) is 11.8 Å². The Labute approximate surface area is 105 Å². The van der Waals surface area contributed by atoms with E-state index in [1.54, 1.807) is 6.07 Å². The van der Waals surface area contributed by atoms with E-state index in [1.807, 2.05) is 30.8 Å². The zero-order valence-corrected chi connectivity index (χ0v) is 10.6. The van der Waals surface area contributed by atoms with E-state index in [0.717, 1.165) is 29.2 Å². The summed E-state index contributed by atoms with van der Waals surface area (Å²) in [5, 5.41) is 3.05. The van der Waals surface area contributed by atoms with Crippen LogP contribution in [0.15, 0.2) is 18.2 Å². The van der Waals surface area contributed by atoms with E-state index in [-0.39, 0.29) is 5.91 Å². The lowest BCUT2D eigenvalue weighted by atomic mass is 10.1. The molecular formula is C12H17N3OS. The summed E-state index contributed by atoms with van der Waals surface area (Å²) in [6.07, 6.45) is 1.07. The van der Waals surface area contributed by atoms with Crippen molar-refractivity contribution < 1.29 is 4.79 Å². The van der Waals surface area contributed by atoms with E-state index in [1.165, 1.54) is 0 Å². The van der Waals surface area contributed by atoms with Gasteiger partial charge in [-0.05, 0) is 42.9 Å². The van der Waals surface area contributed by atoms with Crippen LogP contribution in [0.2, 0.25) is 0 Å². The van der Waals surface area contributed by atoms with E-state index in [4.69, 9.17) is 5.84 Å². The quantitative estimate of drug-likeness (QED) is 0.563. The zero-order valence-electron chi connectivity index (χ0n) is 9.82. The molecule has 2 rings (SSSR count). The average molecular weight is 251 g/mol. The van der Waals surface area contributed by atoms with Crippen molar-refractivity contribution in [3.63, 3.8) is 0 Å². The normalized spacial score (nSPS) is 19.1. The number of nitrogens with one attached hydrogen (secondary N) is 2. The van der Waals surface area contributed by atoms with Gasteiger partial charge in [0.15, 0.2) is 0 Å². The summed E-state index contributed by atoms with van der Waals surface area (Å²) < 4.78 is 0. The number of amides is 1. The number of nitrogen functional groups attached to an aromatic ring is 1. The fourth-order valence-corrected chi connectivity index (χ4v) is 3.04. The molecule has 1 heterocycles. The molecule has 17 heavy (non-hydrogen) atoms. The lowest BCUT2D eigenvalue weighted by molar-refractivity contribution is 0.0941. The summed E-state index contributed by atoms with van der Waals surface area (Å²) in [4.78, 5) is 12.0. The summed E-state index contributed by atoms with van der Waals surface area (Å²) in [7, 11) is 0. The molecule has 4 nitrogen and oxygen atoms in total. The summed E-state index contributed by atoms with van der Waals surface area (Å²) in [5.74, 6) is 7.52. The van der Waals surface area contributed by atoms with E-state index in [0.29, 0.717) is 11.6 Å². The van der Waals surface area contributed by atoms with Gasteiger partial charge in [-0.3, -0.25) is 10.6 Å². The van der Waals surface area contributed by atoms with Crippen LogP contribution in [0.3, 0.4) is 0 Å². The first kappa shape index (κ1) is 12.3. The molecule has 4 N–H and O–H groups in total. The molecule has 1 amide bonds. The number of aryl methyl sites for hydroxylation is 1. The molecule has 0 spiro atoms. The number of anilines is 1. The monoisotopic (exact) mass is 251 g/mol.